The molecule has 0 bridgehead atoms. The van der Waals surface area contributed by atoms with Crippen LogP contribution in [0.5, 0.6) is 0 Å². The van der Waals surface area contributed by atoms with Gasteiger partial charge in [0, 0.05) is 17.8 Å². The van der Waals surface area contributed by atoms with Crippen molar-refractivity contribution in [1.82, 2.24) is 5.32 Å². The molecule has 1 spiro atoms. The van der Waals surface area contributed by atoms with E-state index in [9.17, 15) is 18.8 Å². The van der Waals surface area contributed by atoms with E-state index in [0.717, 1.165) is 11.1 Å². The molecule has 0 aromatic heterocycles. The number of benzene rings is 3. The van der Waals surface area contributed by atoms with Gasteiger partial charge in [-0.3, -0.25) is 24.2 Å². The van der Waals surface area contributed by atoms with Crippen LogP contribution in [0, 0.1) is 12.7 Å². The monoisotopic (exact) mass is 475 g/mol. The maximum absolute atomic E-state index is 14.0. The second kappa shape index (κ2) is 8.61. The molecule has 5 rings (SSSR count). The van der Waals surface area contributed by atoms with Crippen molar-refractivity contribution in [3.8, 4) is 0 Å². The topological polar surface area (TPSA) is 69.7 Å². The van der Waals surface area contributed by atoms with Crippen LogP contribution in [0.2, 0.25) is 0 Å². The van der Waals surface area contributed by atoms with Gasteiger partial charge in [0.2, 0.25) is 16.7 Å². The van der Waals surface area contributed by atoms with E-state index in [1.54, 1.807) is 0 Å². The molecule has 172 valence electrons. The minimum Gasteiger partial charge on any atom is -0.350 e. The highest BCUT2D eigenvalue weighted by Gasteiger charge is 2.61. The Bertz CT molecular complexity index is 1280. The maximum atomic E-state index is 14.0. The molecular weight excluding hydrogens is 453 g/mol. The number of fused-ring (bicyclic) bond motifs is 2. The van der Waals surface area contributed by atoms with E-state index in [2.05, 4.69) is 5.32 Å². The van der Waals surface area contributed by atoms with Gasteiger partial charge in [-0.25, -0.2) is 4.39 Å². The average Bonchev–Trinajstić information content (AvgIpc) is 3.30. The zero-order valence-electron chi connectivity index (χ0n) is 18.5. The number of amides is 3. The fraction of sp³-hybridized carbons (Fsp3) is 0.192. The van der Waals surface area contributed by atoms with E-state index >= 15 is 0 Å². The molecule has 6 nitrogen and oxygen atoms in total. The van der Waals surface area contributed by atoms with Crippen molar-refractivity contribution in [2.75, 3.05) is 22.1 Å². The molecule has 3 amide bonds. The van der Waals surface area contributed by atoms with Crippen molar-refractivity contribution in [2.45, 2.75) is 18.3 Å². The van der Waals surface area contributed by atoms with Gasteiger partial charge in [0.05, 0.1) is 11.4 Å². The Kier molecular flexibility index (Phi) is 5.61. The molecule has 1 saturated heterocycles. The molecule has 2 heterocycles. The average molecular weight is 476 g/mol. The lowest BCUT2D eigenvalue weighted by molar-refractivity contribution is -0.125. The van der Waals surface area contributed by atoms with Crippen molar-refractivity contribution < 1.29 is 18.8 Å². The number of carbonyl (C=O) groups is 3. The summed E-state index contributed by atoms with van der Waals surface area (Å²) in [6.45, 7) is 2.06. The number of carbonyl (C=O) groups excluding carboxylic acids is 3. The van der Waals surface area contributed by atoms with Gasteiger partial charge in [0.1, 0.15) is 12.4 Å². The van der Waals surface area contributed by atoms with E-state index in [1.807, 2.05) is 55.5 Å². The predicted molar refractivity (Wildman–Crippen MR) is 130 cm³/mol. The molecule has 3 aromatic rings. The summed E-state index contributed by atoms with van der Waals surface area (Å²) < 4.78 is 13.6. The van der Waals surface area contributed by atoms with E-state index < -0.39 is 10.7 Å². The smallest absolute Gasteiger partial charge is 0.269 e. The third-order valence-corrected chi connectivity index (χ3v) is 7.48. The summed E-state index contributed by atoms with van der Waals surface area (Å²) in [6, 6.07) is 20.6. The van der Waals surface area contributed by atoms with Crippen molar-refractivity contribution in [3.63, 3.8) is 0 Å². The maximum Gasteiger partial charge on any atom is 0.269 e. The summed E-state index contributed by atoms with van der Waals surface area (Å²) >= 11 is 1.23. The van der Waals surface area contributed by atoms with Gasteiger partial charge in [-0.15, -0.1) is 11.8 Å². The van der Waals surface area contributed by atoms with Gasteiger partial charge in [-0.05, 0) is 42.3 Å². The lowest BCUT2D eigenvalue weighted by Gasteiger charge is -2.33. The molecule has 1 unspecified atom stereocenters. The highest BCUT2D eigenvalue weighted by atomic mass is 32.2. The molecule has 8 heteroatoms. The second-order valence-electron chi connectivity index (χ2n) is 8.26. The number of aryl methyl sites for hydroxylation is 1. The quantitative estimate of drug-likeness (QED) is 0.611. The molecule has 3 aromatic carbocycles. The Morgan fingerprint density at radius 2 is 1.76 bits per heavy atom. The summed E-state index contributed by atoms with van der Waals surface area (Å²) in [5.74, 6) is -1.22. The Morgan fingerprint density at radius 1 is 1.03 bits per heavy atom. The van der Waals surface area contributed by atoms with Gasteiger partial charge in [0.25, 0.3) is 5.91 Å². The van der Waals surface area contributed by atoms with Crippen LogP contribution in [-0.2, 0) is 25.8 Å². The standard InChI is InChI=1S/C26H22FN3O3S/c1-17-6-5-9-21-24(17)29(15-22(31)28-14-18-7-3-2-4-8-18)25(33)26(21)30(23(32)16-34-26)20-12-10-19(27)11-13-20/h2-13H,14-16H2,1H3,(H,28,31). The summed E-state index contributed by atoms with van der Waals surface area (Å²) in [5.41, 5.74) is 3.52. The van der Waals surface area contributed by atoms with Gasteiger partial charge < -0.3 is 5.32 Å². The molecule has 2 aliphatic heterocycles. The molecule has 34 heavy (non-hydrogen) atoms. The van der Waals surface area contributed by atoms with Crippen LogP contribution in [0.3, 0.4) is 0 Å². The summed E-state index contributed by atoms with van der Waals surface area (Å²) in [5, 5.41) is 2.87. The zero-order valence-corrected chi connectivity index (χ0v) is 19.3. The Morgan fingerprint density at radius 3 is 2.50 bits per heavy atom. The van der Waals surface area contributed by atoms with Crippen molar-refractivity contribution in [3.05, 3.63) is 95.3 Å². The van der Waals surface area contributed by atoms with E-state index in [0.29, 0.717) is 23.5 Å². The number of halogens is 1. The normalized spacial score (nSPS) is 19.1. The number of hydrogen-bond donors (Lipinski definition) is 1. The number of nitrogens with zero attached hydrogens (tertiary/aromatic N) is 2. The highest BCUT2D eigenvalue weighted by molar-refractivity contribution is 8.02. The fourth-order valence-electron chi connectivity index (χ4n) is 4.58. The molecule has 0 aliphatic carbocycles. The van der Waals surface area contributed by atoms with Gasteiger partial charge in [-0.2, -0.15) is 0 Å². The number of anilines is 2. The van der Waals surface area contributed by atoms with Crippen molar-refractivity contribution >= 4 is 40.9 Å². The van der Waals surface area contributed by atoms with E-state index in [4.69, 9.17) is 0 Å². The molecular formula is C26H22FN3O3S. The van der Waals surface area contributed by atoms with E-state index in [1.165, 1.54) is 45.8 Å². The third kappa shape index (κ3) is 3.54. The van der Waals surface area contributed by atoms with Gasteiger partial charge >= 0.3 is 0 Å². The lowest BCUT2D eigenvalue weighted by Crippen LogP contribution is -2.51. The summed E-state index contributed by atoms with van der Waals surface area (Å²) in [6.07, 6.45) is 0. The van der Waals surface area contributed by atoms with Gasteiger partial charge in [0.15, 0.2) is 0 Å². The lowest BCUT2D eigenvalue weighted by atomic mass is 10.0. The van der Waals surface area contributed by atoms with Crippen LogP contribution >= 0.6 is 11.8 Å². The fourth-order valence-corrected chi connectivity index (χ4v) is 5.93. The number of para-hydroxylation sites is 1. The SMILES string of the molecule is Cc1cccc2c1N(CC(=O)NCc1ccccc1)C(=O)C21SCC(=O)N1c1ccc(F)cc1. The van der Waals surface area contributed by atoms with Crippen LogP contribution in [0.15, 0.2) is 72.8 Å². The first-order valence-corrected chi connectivity index (χ1v) is 11.9. The Balaban J connectivity index is 1.50. The largest absolute Gasteiger partial charge is 0.350 e. The summed E-state index contributed by atoms with van der Waals surface area (Å²) in [7, 11) is 0. The van der Waals surface area contributed by atoms with Crippen molar-refractivity contribution in [1.29, 1.82) is 0 Å². The van der Waals surface area contributed by atoms with Gasteiger partial charge in [-0.1, -0.05) is 48.5 Å². The van der Waals surface area contributed by atoms with Crippen LogP contribution in [-0.4, -0.2) is 30.0 Å². The first-order chi connectivity index (χ1) is 16.4. The minimum absolute atomic E-state index is 0.102. The number of hydrogen-bond acceptors (Lipinski definition) is 4. The Labute approximate surface area is 200 Å². The molecule has 2 aliphatic rings. The van der Waals surface area contributed by atoms with Crippen LogP contribution in [0.1, 0.15) is 16.7 Å². The number of rotatable bonds is 5. The predicted octanol–water partition coefficient (Wildman–Crippen LogP) is 3.73. The molecule has 1 fully saturated rings. The number of nitrogens with one attached hydrogen (secondary N) is 1. The van der Waals surface area contributed by atoms with Crippen molar-refractivity contribution in [2.24, 2.45) is 0 Å². The highest BCUT2D eigenvalue weighted by Crippen LogP contribution is 2.56. The third-order valence-electron chi connectivity index (χ3n) is 6.10. The summed E-state index contributed by atoms with van der Waals surface area (Å²) in [4.78, 5) is 41.4. The Hall–Kier alpha value is -3.65. The van der Waals surface area contributed by atoms with Crippen LogP contribution in [0.25, 0.3) is 0 Å². The molecule has 0 saturated carbocycles. The number of thioether (sulfide) groups is 1. The van der Waals surface area contributed by atoms with E-state index in [-0.39, 0.29) is 30.0 Å². The van der Waals surface area contributed by atoms with Crippen LogP contribution in [0.4, 0.5) is 15.8 Å². The zero-order chi connectivity index (χ0) is 23.9. The first-order valence-electron chi connectivity index (χ1n) is 10.9. The molecule has 1 N–H and O–H groups in total. The molecule has 1 atom stereocenters. The minimum atomic E-state index is -1.34. The second-order valence-corrected chi connectivity index (χ2v) is 9.43. The first kappa shape index (κ1) is 22.2. The van der Waals surface area contributed by atoms with Crippen LogP contribution < -0.4 is 15.1 Å². The molecule has 0 radical (unpaired) electrons.